The summed E-state index contributed by atoms with van der Waals surface area (Å²) >= 11 is 0. The van der Waals surface area contributed by atoms with Gasteiger partial charge in [0.05, 0.1) is 118 Å². The van der Waals surface area contributed by atoms with E-state index in [0.717, 1.165) is 64.2 Å². The Morgan fingerprint density at radius 2 is 0.618 bits per heavy atom. The number of hydrogen-bond acceptors (Lipinski definition) is 15. The van der Waals surface area contributed by atoms with Crippen LogP contribution in [0.3, 0.4) is 0 Å². The predicted octanol–water partition coefficient (Wildman–Crippen LogP) is 13.1. The second-order valence-corrected chi connectivity index (χ2v) is 19.2. The average Bonchev–Trinajstić information content (AvgIpc) is 3.42. The van der Waals surface area contributed by atoms with E-state index in [1.54, 1.807) is 0 Å². The highest BCUT2D eigenvalue weighted by molar-refractivity contribution is 5.70. The zero-order valence-corrected chi connectivity index (χ0v) is 48.1. The molecule has 17 nitrogen and oxygen atoms in total. The fourth-order valence-electron chi connectivity index (χ4n) is 7.62. The van der Waals surface area contributed by atoms with Crippen molar-refractivity contribution in [3.63, 3.8) is 0 Å². The van der Waals surface area contributed by atoms with E-state index in [4.69, 9.17) is 57.6 Å². The summed E-state index contributed by atoms with van der Waals surface area (Å²) in [5, 5.41) is 3.39. The molecule has 444 valence electrons. The number of rotatable bonds is 63. The number of nitrogens with zero attached hydrogens (tertiary/aromatic N) is 3. The van der Waals surface area contributed by atoms with Crippen LogP contribution in [0.5, 0.6) is 0 Å². The van der Waals surface area contributed by atoms with Gasteiger partial charge in [0.2, 0.25) is 0 Å². The van der Waals surface area contributed by atoms with Gasteiger partial charge in [-0.25, -0.2) is 0 Å². The summed E-state index contributed by atoms with van der Waals surface area (Å²) in [7, 11) is 0. The van der Waals surface area contributed by atoms with Crippen molar-refractivity contribution in [3.05, 3.63) is 34.7 Å². The minimum atomic E-state index is -0.465. The first kappa shape index (κ1) is 72.9. The molecule has 0 aliphatic heterocycles. The monoisotopic (exact) mass is 1080 g/mol. The maximum Gasteiger partial charge on any atom is 0.308 e. The summed E-state index contributed by atoms with van der Waals surface area (Å²) in [6, 6.07) is 0. The quantitative estimate of drug-likeness (QED) is 0.0106. The highest BCUT2D eigenvalue weighted by Gasteiger charge is 2.18. The van der Waals surface area contributed by atoms with E-state index in [1.807, 2.05) is 0 Å². The molecule has 0 aliphatic carbocycles. The molecule has 0 spiro atoms. The van der Waals surface area contributed by atoms with Crippen LogP contribution in [0, 0.1) is 5.92 Å². The molecule has 0 N–H and O–H groups in total. The third-order valence-electron chi connectivity index (χ3n) is 12.2. The number of esters is 3. The molecular formula is C59H109N3O14. The van der Waals surface area contributed by atoms with E-state index in [0.29, 0.717) is 118 Å². The van der Waals surface area contributed by atoms with Gasteiger partial charge in [0, 0.05) is 24.3 Å². The van der Waals surface area contributed by atoms with Crippen molar-refractivity contribution >= 4 is 17.9 Å². The molecule has 0 heterocycles. The van der Waals surface area contributed by atoms with Crippen LogP contribution in [0.2, 0.25) is 0 Å². The van der Waals surface area contributed by atoms with Crippen LogP contribution in [0.25, 0.3) is 10.4 Å². The fraction of sp³-hybridized carbons (Fsp3) is 0.881. The summed E-state index contributed by atoms with van der Waals surface area (Å²) in [4.78, 5) is 40.6. The van der Waals surface area contributed by atoms with Gasteiger partial charge in [-0.1, -0.05) is 146 Å². The van der Waals surface area contributed by atoms with Gasteiger partial charge in [-0.15, -0.1) is 0 Å². The maximum absolute atomic E-state index is 12.7. The molecule has 17 heteroatoms. The Bertz CT molecular complexity index is 1300. The van der Waals surface area contributed by atoms with Gasteiger partial charge in [-0.3, -0.25) is 14.4 Å². The summed E-state index contributed by atoms with van der Waals surface area (Å²) in [5.41, 5.74) is 8.20. The van der Waals surface area contributed by atoms with Gasteiger partial charge in [-0.05, 0) is 69.7 Å². The molecule has 0 bridgehead atoms. The van der Waals surface area contributed by atoms with Crippen molar-refractivity contribution in [2.45, 2.75) is 200 Å². The van der Waals surface area contributed by atoms with Gasteiger partial charge >= 0.3 is 17.9 Å². The van der Waals surface area contributed by atoms with Crippen LogP contribution < -0.4 is 0 Å². The largest absolute Gasteiger partial charge is 0.465 e. The molecule has 0 radical (unpaired) electrons. The lowest BCUT2D eigenvalue weighted by atomic mass is 10.1. The normalized spacial score (nSPS) is 11.6. The van der Waals surface area contributed by atoms with Crippen LogP contribution in [0.4, 0.5) is 0 Å². The molecule has 0 aromatic rings. The van der Waals surface area contributed by atoms with E-state index >= 15 is 0 Å². The van der Waals surface area contributed by atoms with Crippen molar-refractivity contribution < 1.29 is 66.5 Å². The van der Waals surface area contributed by atoms with Crippen LogP contribution in [0.15, 0.2) is 29.4 Å². The Labute approximate surface area is 460 Å². The maximum atomic E-state index is 12.7. The molecule has 0 fully saturated rings. The van der Waals surface area contributed by atoms with Crippen LogP contribution in [0.1, 0.15) is 200 Å². The van der Waals surface area contributed by atoms with E-state index in [2.05, 4.69) is 48.2 Å². The summed E-state index contributed by atoms with van der Waals surface area (Å²) in [5.74, 6) is -1.49. The van der Waals surface area contributed by atoms with Crippen molar-refractivity contribution in [2.24, 2.45) is 11.0 Å². The third-order valence-corrected chi connectivity index (χ3v) is 12.2. The lowest BCUT2D eigenvalue weighted by molar-refractivity contribution is -0.154. The molecule has 0 amide bonds. The number of allylic oxidation sites excluding steroid dienone is 4. The molecule has 0 saturated carbocycles. The van der Waals surface area contributed by atoms with Crippen LogP contribution in [-0.2, 0) is 66.5 Å². The Balaban J connectivity index is 4.21. The molecule has 0 aromatic carbocycles. The highest BCUT2D eigenvalue weighted by atomic mass is 16.6. The Hall–Kier alpha value is -3.12. The zero-order chi connectivity index (χ0) is 55.0. The molecule has 0 unspecified atom stereocenters. The van der Waals surface area contributed by atoms with Crippen LogP contribution >= 0.6 is 0 Å². The first-order chi connectivity index (χ1) is 37.5. The molecule has 0 atom stereocenters. The minimum Gasteiger partial charge on any atom is -0.465 e. The predicted molar refractivity (Wildman–Crippen MR) is 300 cm³/mol. The topological polar surface area (TPSA) is 202 Å². The fourth-order valence-corrected chi connectivity index (χ4v) is 7.62. The average molecular weight is 1080 g/mol. The third kappa shape index (κ3) is 61.7. The Morgan fingerprint density at radius 3 is 0.934 bits per heavy atom. The minimum absolute atomic E-state index is 0.00936. The smallest absolute Gasteiger partial charge is 0.308 e. The Morgan fingerprint density at radius 1 is 0.355 bits per heavy atom. The number of azide groups is 1. The van der Waals surface area contributed by atoms with E-state index in [1.165, 1.54) is 103 Å². The van der Waals surface area contributed by atoms with Gasteiger partial charge < -0.3 is 52.1 Å². The molecule has 0 saturated heterocycles. The number of carbonyl (C=O) groups is 3. The standard InChI is InChI=1S/C59H109N3O14/c1-3-5-7-9-11-13-15-17-19-21-23-25-27-29-31-33-57(63)74-53-56(54-75-58(64)34-32-30-28-26-24-22-20-18-16-14-12-10-8-6-4-2)55-76-59(65)35-37-66-39-41-68-43-45-70-47-49-72-51-52-73-50-48-71-46-44-69-42-40-67-38-36-61-62-60/h17-20,56H,3-16,21-55H2,1-2H3/b19-17-,20-18-. The van der Waals surface area contributed by atoms with Crippen molar-refractivity contribution in [2.75, 3.05) is 132 Å². The first-order valence-corrected chi connectivity index (χ1v) is 29.9. The first-order valence-electron chi connectivity index (χ1n) is 29.9. The second kappa shape index (κ2) is 64.4. The van der Waals surface area contributed by atoms with E-state index in [-0.39, 0.29) is 44.8 Å². The lowest BCUT2D eigenvalue weighted by Crippen LogP contribution is -2.26. The summed E-state index contributed by atoms with van der Waals surface area (Å²) < 4.78 is 60.4. The highest BCUT2D eigenvalue weighted by Crippen LogP contribution is 2.13. The number of unbranched alkanes of at least 4 members (excludes halogenated alkanes) is 22. The summed E-state index contributed by atoms with van der Waals surface area (Å²) in [6.07, 6.45) is 40.9. The molecule has 76 heavy (non-hydrogen) atoms. The lowest BCUT2D eigenvalue weighted by Gasteiger charge is -2.17. The van der Waals surface area contributed by atoms with E-state index < -0.39 is 11.9 Å². The number of hydrogen-bond donors (Lipinski definition) is 0. The number of ether oxygens (including phenoxy) is 11. The number of carbonyl (C=O) groups excluding carboxylic acids is 3. The molecule has 0 rings (SSSR count). The van der Waals surface area contributed by atoms with Gasteiger partial charge in [-0.2, -0.15) is 0 Å². The molecule has 0 aliphatic rings. The SMILES string of the molecule is CCCCCCCC/C=C\CCCCCCCC(=O)OCC(COC(=O)CCCCCCC/C=C\CCCCCCCC)COC(=O)CCOCCOCCOCCOCCOCCOCCOCCOCCN=[N+]=[N-]. The summed E-state index contributed by atoms with van der Waals surface area (Å²) in [6.45, 7) is 11.4. The van der Waals surface area contributed by atoms with Gasteiger partial charge in [0.1, 0.15) is 19.8 Å². The Kier molecular flexibility index (Phi) is 61.8. The van der Waals surface area contributed by atoms with Crippen molar-refractivity contribution in [3.8, 4) is 0 Å². The zero-order valence-electron chi connectivity index (χ0n) is 48.1. The van der Waals surface area contributed by atoms with Crippen LogP contribution in [-0.4, -0.2) is 150 Å². The van der Waals surface area contributed by atoms with Gasteiger partial charge in [0.25, 0.3) is 0 Å². The molecular weight excluding hydrogens is 975 g/mol. The van der Waals surface area contributed by atoms with Crippen molar-refractivity contribution in [1.82, 2.24) is 0 Å². The van der Waals surface area contributed by atoms with Gasteiger partial charge in [0.15, 0.2) is 0 Å². The van der Waals surface area contributed by atoms with Crippen molar-refractivity contribution in [1.29, 1.82) is 0 Å². The van der Waals surface area contributed by atoms with E-state index in [9.17, 15) is 14.4 Å². The molecule has 0 aromatic heterocycles. The second-order valence-electron chi connectivity index (χ2n) is 19.2.